The Morgan fingerprint density at radius 2 is 2.04 bits per heavy atom. The van der Waals surface area contributed by atoms with Gasteiger partial charge in [0.2, 0.25) is 0 Å². The van der Waals surface area contributed by atoms with Crippen molar-refractivity contribution in [2.75, 3.05) is 7.11 Å². The third-order valence-electron chi connectivity index (χ3n) is 4.08. The van der Waals surface area contributed by atoms with Crippen molar-refractivity contribution >= 4 is 22.8 Å². The largest absolute Gasteiger partial charge is 0.467 e. The molecule has 1 atom stereocenters. The molecule has 0 aliphatic rings. The molecular formula is C18H18N4O4. The monoisotopic (exact) mass is 354 g/mol. The van der Waals surface area contributed by atoms with Crippen molar-refractivity contribution < 1.29 is 14.3 Å². The van der Waals surface area contributed by atoms with Crippen molar-refractivity contribution in [3.05, 3.63) is 64.2 Å². The van der Waals surface area contributed by atoms with Crippen LogP contribution in [0.15, 0.2) is 47.4 Å². The molecule has 134 valence electrons. The number of amides is 1. The number of ether oxygens (including phenoxy) is 1. The van der Waals surface area contributed by atoms with Crippen molar-refractivity contribution in [2.45, 2.75) is 12.5 Å². The number of benzene rings is 1. The first-order chi connectivity index (χ1) is 12.5. The maximum Gasteiger partial charge on any atom is 0.328 e. The number of H-pyrrole nitrogens is 1. The molecule has 2 heterocycles. The number of nitrogens with zero attached hydrogens (tertiary/aromatic N) is 2. The second-order valence-electron chi connectivity index (χ2n) is 5.79. The number of hydrogen-bond donors (Lipinski definition) is 2. The Balaban J connectivity index is 1.84. The highest BCUT2D eigenvalue weighted by molar-refractivity contribution is 5.95. The summed E-state index contributed by atoms with van der Waals surface area (Å²) in [6, 6.07) is 9.36. The van der Waals surface area contributed by atoms with E-state index in [1.165, 1.54) is 26.3 Å². The molecule has 1 amide bonds. The van der Waals surface area contributed by atoms with Crippen LogP contribution in [0.1, 0.15) is 16.1 Å². The van der Waals surface area contributed by atoms with Crippen molar-refractivity contribution in [3.63, 3.8) is 0 Å². The zero-order valence-corrected chi connectivity index (χ0v) is 14.4. The second kappa shape index (κ2) is 7.22. The van der Waals surface area contributed by atoms with Crippen LogP contribution >= 0.6 is 0 Å². The molecule has 0 fully saturated rings. The van der Waals surface area contributed by atoms with Gasteiger partial charge in [-0.2, -0.15) is 5.10 Å². The van der Waals surface area contributed by atoms with Crippen LogP contribution in [0, 0.1) is 0 Å². The fourth-order valence-corrected chi connectivity index (χ4v) is 2.71. The molecule has 0 aliphatic carbocycles. The van der Waals surface area contributed by atoms with Crippen LogP contribution in [0.25, 0.3) is 10.9 Å². The fourth-order valence-electron chi connectivity index (χ4n) is 2.71. The van der Waals surface area contributed by atoms with Crippen molar-refractivity contribution in [1.29, 1.82) is 0 Å². The second-order valence-corrected chi connectivity index (χ2v) is 5.79. The summed E-state index contributed by atoms with van der Waals surface area (Å²) in [4.78, 5) is 39.1. The van der Waals surface area contributed by atoms with E-state index in [-0.39, 0.29) is 17.7 Å². The van der Waals surface area contributed by atoms with Crippen LogP contribution in [0.3, 0.4) is 0 Å². The van der Waals surface area contributed by atoms with Crippen molar-refractivity contribution in [3.8, 4) is 0 Å². The first-order valence-electron chi connectivity index (χ1n) is 7.97. The van der Waals surface area contributed by atoms with Crippen molar-refractivity contribution in [2.24, 2.45) is 7.05 Å². The summed E-state index contributed by atoms with van der Waals surface area (Å²) in [7, 11) is 2.71. The zero-order chi connectivity index (χ0) is 18.7. The van der Waals surface area contributed by atoms with Gasteiger partial charge in [0.05, 0.1) is 7.11 Å². The molecule has 0 saturated heterocycles. The number of aromatic amines is 1. The lowest BCUT2D eigenvalue weighted by Gasteiger charge is -2.16. The van der Waals surface area contributed by atoms with Gasteiger partial charge in [-0.3, -0.25) is 9.59 Å². The van der Waals surface area contributed by atoms with E-state index in [4.69, 9.17) is 4.74 Å². The van der Waals surface area contributed by atoms with Crippen LogP contribution in [0.4, 0.5) is 0 Å². The number of esters is 1. The number of rotatable bonds is 5. The molecule has 8 nitrogen and oxygen atoms in total. The molecule has 1 aromatic carbocycles. The summed E-state index contributed by atoms with van der Waals surface area (Å²) in [6.45, 7) is 0. The minimum atomic E-state index is -0.884. The highest BCUT2D eigenvalue weighted by atomic mass is 16.5. The average Bonchev–Trinajstić information content (AvgIpc) is 3.05. The Kier molecular flexibility index (Phi) is 4.83. The van der Waals surface area contributed by atoms with Gasteiger partial charge in [0.15, 0.2) is 0 Å². The fraction of sp³-hybridized carbons (Fsp3) is 0.222. The Morgan fingerprint density at radius 3 is 2.77 bits per heavy atom. The third kappa shape index (κ3) is 3.49. The van der Waals surface area contributed by atoms with E-state index in [1.54, 1.807) is 6.20 Å². The summed E-state index contributed by atoms with van der Waals surface area (Å²) in [5.41, 5.74) is 1.53. The van der Waals surface area contributed by atoms with E-state index in [1.807, 2.05) is 24.3 Å². The Bertz CT molecular complexity index is 1020. The lowest BCUT2D eigenvalue weighted by atomic mass is 10.0. The molecule has 0 bridgehead atoms. The Labute approximate surface area is 148 Å². The van der Waals surface area contributed by atoms with Gasteiger partial charge in [-0.1, -0.05) is 18.2 Å². The van der Waals surface area contributed by atoms with E-state index in [9.17, 15) is 14.4 Å². The predicted octanol–water partition coefficient (Wildman–Crippen LogP) is 0.776. The van der Waals surface area contributed by atoms with Crippen LogP contribution in [-0.4, -0.2) is 39.8 Å². The van der Waals surface area contributed by atoms with Gasteiger partial charge in [-0.15, -0.1) is 0 Å². The van der Waals surface area contributed by atoms with Crippen LogP contribution in [-0.2, 0) is 23.0 Å². The van der Waals surface area contributed by atoms with Gasteiger partial charge < -0.3 is 15.0 Å². The number of fused-ring (bicyclic) bond motifs is 1. The maximum absolute atomic E-state index is 12.4. The van der Waals surface area contributed by atoms with Gasteiger partial charge in [-0.05, 0) is 17.7 Å². The summed E-state index contributed by atoms with van der Waals surface area (Å²) >= 11 is 0. The molecule has 3 aromatic rings. The molecule has 3 rings (SSSR count). The van der Waals surface area contributed by atoms with Crippen molar-refractivity contribution in [1.82, 2.24) is 20.1 Å². The summed E-state index contributed by atoms with van der Waals surface area (Å²) in [5, 5.41) is 7.49. The summed E-state index contributed by atoms with van der Waals surface area (Å²) in [5.74, 6) is -1.12. The topological polar surface area (TPSA) is 106 Å². The minimum Gasteiger partial charge on any atom is -0.467 e. The SMILES string of the molecule is COC(=O)[C@@H](Cc1c[nH]c2ccccc12)NC(=O)c1ccc(=O)n(C)n1. The highest BCUT2D eigenvalue weighted by Gasteiger charge is 2.24. The molecule has 0 aliphatic heterocycles. The number of carbonyl (C=O) groups is 2. The predicted molar refractivity (Wildman–Crippen MR) is 94.8 cm³/mol. The van der Waals surface area contributed by atoms with E-state index in [2.05, 4.69) is 15.4 Å². The molecule has 8 heteroatoms. The number of carbonyl (C=O) groups excluding carboxylic acids is 2. The molecule has 0 spiro atoms. The summed E-state index contributed by atoms with van der Waals surface area (Å²) < 4.78 is 5.87. The zero-order valence-electron chi connectivity index (χ0n) is 14.4. The summed E-state index contributed by atoms with van der Waals surface area (Å²) in [6.07, 6.45) is 2.06. The molecule has 0 unspecified atom stereocenters. The molecule has 2 N–H and O–H groups in total. The number of hydrogen-bond acceptors (Lipinski definition) is 5. The van der Waals surface area contributed by atoms with E-state index in [0.29, 0.717) is 0 Å². The van der Waals surface area contributed by atoms with Crippen LogP contribution < -0.4 is 10.9 Å². The van der Waals surface area contributed by atoms with Crippen LogP contribution in [0.2, 0.25) is 0 Å². The number of aromatic nitrogens is 3. The van der Waals surface area contributed by atoms with Gasteiger partial charge in [0.25, 0.3) is 11.5 Å². The first kappa shape index (κ1) is 17.4. The Hall–Kier alpha value is -3.42. The maximum atomic E-state index is 12.4. The number of methoxy groups -OCH3 is 1. The standard InChI is InChI=1S/C18H18N4O4/c1-22-16(23)8-7-14(21-22)17(24)20-15(18(25)26-2)9-11-10-19-13-6-4-3-5-12(11)13/h3-8,10,15,19H,9H2,1-2H3,(H,20,24)/t15-/m1/s1. The van der Waals surface area contributed by atoms with Gasteiger partial charge in [0, 0.05) is 36.6 Å². The normalized spacial score (nSPS) is 11.9. The highest BCUT2D eigenvalue weighted by Crippen LogP contribution is 2.19. The molecular weight excluding hydrogens is 336 g/mol. The number of para-hydroxylation sites is 1. The first-order valence-corrected chi connectivity index (χ1v) is 7.97. The Morgan fingerprint density at radius 1 is 1.27 bits per heavy atom. The smallest absolute Gasteiger partial charge is 0.328 e. The minimum absolute atomic E-state index is 0.0416. The van der Waals surface area contributed by atoms with Gasteiger partial charge >= 0.3 is 5.97 Å². The number of aryl methyl sites for hydroxylation is 1. The molecule has 0 saturated carbocycles. The van der Waals surface area contributed by atoms with E-state index < -0.39 is 17.9 Å². The van der Waals surface area contributed by atoms with E-state index in [0.717, 1.165) is 21.1 Å². The third-order valence-corrected chi connectivity index (χ3v) is 4.08. The van der Waals surface area contributed by atoms with E-state index >= 15 is 0 Å². The number of nitrogens with one attached hydrogen (secondary N) is 2. The van der Waals surface area contributed by atoms with Crippen LogP contribution in [0.5, 0.6) is 0 Å². The average molecular weight is 354 g/mol. The lowest BCUT2D eigenvalue weighted by molar-refractivity contribution is -0.142. The molecule has 2 aromatic heterocycles. The van der Waals surface area contributed by atoms with Gasteiger partial charge in [0.1, 0.15) is 11.7 Å². The lowest BCUT2D eigenvalue weighted by Crippen LogP contribution is -2.43. The molecule has 26 heavy (non-hydrogen) atoms. The molecule has 0 radical (unpaired) electrons. The quantitative estimate of drug-likeness (QED) is 0.659. The van der Waals surface area contributed by atoms with Gasteiger partial charge in [-0.25, -0.2) is 9.48 Å².